The van der Waals surface area contributed by atoms with Crippen LogP contribution in [-0.4, -0.2) is 86.3 Å². The van der Waals surface area contributed by atoms with Crippen molar-refractivity contribution in [2.24, 2.45) is 33.7 Å². The van der Waals surface area contributed by atoms with Gasteiger partial charge in [-0.15, -0.1) is 5.16 Å². The highest BCUT2D eigenvalue weighted by Crippen LogP contribution is 2.70. The summed E-state index contributed by atoms with van der Waals surface area (Å²) in [6, 6.07) is 0. The normalized spacial score (nSPS) is 53.6. The van der Waals surface area contributed by atoms with E-state index in [9.17, 15) is 30.4 Å². The molecule has 218 valence electrons. The maximum absolute atomic E-state index is 12.4. The van der Waals surface area contributed by atoms with Gasteiger partial charge in [0.2, 0.25) is 0 Å². The molecule has 0 amide bonds. The zero-order valence-corrected chi connectivity index (χ0v) is 22.9. The Balaban J connectivity index is 1.24. The summed E-state index contributed by atoms with van der Waals surface area (Å²) in [4.78, 5) is 11.8. The third-order valence-electron chi connectivity index (χ3n) is 11.9. The van der Waals surface area contributed by atoms with Gasteiger partial charge in [-0.1, -0.05) is 6.92 Å². The van der Waals surface area contributed by atoms with Gasteiger partial charge in [-0.2, -0.15) is 0 Å². The molecule has 0 radical (unpaired) electrons. The summed E-state index contributed by atoms with van der Waals surface area (Å²) in [5, 5.41) is 58.2. The molecular formula is C29H43NO9. The molecule has 10 nitrogen and oxygen atoms in total. The molecule has 0 aromatic carbocycles. The van der Waals surface area contributed by atoms with Gasteiger partial charge in [-0.05, 0) is 81.6 Å². The molecule has 6 aliphatic rings. The summed E-state index contributed by atoms with van der Waals surface area (Å²) < 4.78 is 17.2. The molecule has 2 heterocycles. The van der Waals surface area contributed by atoms with E-state index in [4.69, 9.17) is 14.2 Å². The molecule has 6 rings (SSSR count). The first kappa shape index (κ1) is 27.6. The maximum Gasteiger partial charge on any atom is 0.331 e. The largest absolute Gasteiger partial charge is 0.458 e. The number of carbonyl (C=O) groups excluding carboxylic acids is 1. The minimum absolute atomic E-state index is 0.0664. The Labute approximate surface area is 229 Å². The first-order valence-corrected chi connectivity index (χ1v) is 14.6. The number of hydrogen-bond donors (Lipinski definition) is 5. The van der Waals surface area contributed by atoms with Crippen molar-refractivity contribution in [2.75, 3.05) is 6.61 Å². The van der Waals surface area contributed by atoms with Crippen molar-refractivity contribution in [1.29, 1.82) is 0 Å². The number of nitrogens with zero attached hydrogens (tertiary/aromatic N) is 1. The SMILES string of the molecule is C[C@@H]1O[C@@H](O[C@H]2CC[C@]3(/C=N/O)[C@H]4CC[C@]5(C)[C@@H](C6=CC(=O)OC6)CC[C@]5(O)[C@@H]4CC[C@]3(O)C2)C[C@@H](O)[C@H]1O. The van der Waals surface area contributed by atoms with Gasteiger partial charge in [0.25, 0.3) is 0 Å². The molecular weight excluding hydrogens is 506 g/mol. The molecule has 4 aliphatic carbocycles. The number of fused-ring (bicyclic) bond motifs is 5. The number of ether oxygens (including phenoxy) is 3. The predicted octanol–water partition coefficient (Wildman–Crippen LogP) is 2.04. The molecule has 39 heavy (non-hydrogen) atoms. The highest BCUT2D eigenvalue weighted by Gasteiger charge is 2.71. The summed E-state index contributed by atoms with van der Waals surface area (Å²) in [5.74, 6) is -0.372. The second-order valence-corrected chi connectivity index (χ2v) is 13.4. The van der Waals surface area contributed by atoms with Gasteiger partial charge < -0.3 is 39.8 Å². The number of hydrogen-bond acceptors (Lipinski definition) is 10. The molecule has 4 saturated carbocycles. The first-order valence-electron chi connectivity index (χ1n) is 14.6. The number of carbonyl (C=O) groups is 1. The van der Waals surface area contributed by atoms with Crippen molar-refractivity contribution < 1.29 is 44.6 Å². The van der Waals surface area contributed by atoms with Crippen LogP contribution in [0.25, 0.3) is 0 Å². The smallest absolute Gasteiger partial charge is 0.331 e. The number of aliphatic hydroxyl groups excluding tert-OH is 2. The van der Waals surface area contributed by atoms with Gasteiger partial charge in [-0.25, -0.2) is 4.79 Å². The van der Waals surface area contributed by atoms with Crippen LogP contribution in [0, 0.1) is 28.6 Å². The van der Waals surface area contributed by atoms with Crippen LogP contribution in [0.2, 0.25) is 0 Å². The standard InChI is InChI=1S/C29H43NO9/c1-16-25(33)22(31)12-24(38-16)39-18-3-8-27(15-30-36)20-4-7-26(2)19(17-11-23(32)37-14-17)6-10-29(26,35)21(20)5-9-28(27,34)13-18/h11,15-16,18-22,24-25,31,33-36H,3-10,12-14H2,1-2H3/b30-15+/t16-,18-,19+,20-,21+,22+,24-,25-,26+,27-,28-,29-/m0/s1. The first-order chi connectivity index (χ1) is 18.5. The van der Waals surface area contributed by atoms with Crippen molar-refractivity contribution in [2.45, 2.75) is 120 Å². The van der Waals surface area contributed by atoms with Crippen LogP contribution in [0.1, 0.15) is 78.1 Å². The van der Waals surface area contributed by atoms with E-state index < -0.39 is 46.6 Å². The summed E-state index contributed by atoms with van der Waals surface area (Å²) in [5.41, 5.74) is -2.37. The van der Waals surface area contributed by atoms with E-state index in [1.54, 1.807) is 13.0 Å². The lowest BCUT2D eigenvalue weighted by atomic mass is 9.41. The molecule has 5 fully saturated rings. The monoisotopic (exact) mass is 549 g/mol. The van der Waals surface area contributed by atoms with Crippen LogP contribution >= 0.6 is 0 Å². The van der Waals surface area contributed by atoms with E-state index in [2.05, 4.69) is 12.1 Å². The Morgan fingerprint density at radius 1 is 1.08 bits per heavy atom. The van der Waals surface area contributed by atoms with Crippen LogP contribution < -0.4 is 0 Å². The summed E-state index contributed by atoms with van der Waals surface area (Å²) in [6.45, 7) is 4.15. The molecule has 0 bridgehead atoms. The fourth-order valence-electron chi connectivity index (χ4n) is 9.89. The Hall–Kier alpha value is -1.56. The number of aliphatic hydroxyl groups is 4. The lowest BCUT2D eigenvalue weighted by Crippen LogP contribution is -2.69. The molecule has 2 aliphatic heterocycles. The van der Waals surface area contributed by atoms with Gasteiger partial charge in [0.05, 0.1) is 35.7 Å². The summed E-state index contributed by atoms with van der Waals surface area (Å²) in [7, 11) is 0. The van der Waals surface area contributed by atoms with Gasteiger partial charge in [0.15, 0.2) is 6.29 Å². The van der Waals surface area contributed by atoms with Crippen LogP contribution in [0.15, 0.2) is 16.8 Å². The summed E-state index contributed by atoms with van der Waals surface area (Å²) in [6.07, 6.45) is 5.36. The summed E-state index contributed by atoms with van der Waals surface area (Å²) >= 11 is 0. The predicted molar refractivity (Wildman–Crippen MR) is 138 cm³/mol. The molecule has 0 spiro atoms. The van der Waals surface area contributed by atoms with Crippen molar-refractivity contribution in [3.8, 4) is 0 Å². The van der Waals surface area contributed by atoms with Gasteiger partial charge >= 0.3 is 5.97 Å². The van der Waals surface area contributed by atoms with Gasteiger partial charge in [0.1, 0.15) is 12.7 Å². The Kier molecular flexibility index (Phi) is 6.72. The van der Waals surface area contributed by atoms with E-state index in [1.807, 2.05) is 0 Å². The van der Waals surface area contributed by atoms with E-state index in [0.717, 1.165) is 24.8 Å². The second-order valence-electron chi connectivity index (χ2n) is 13.4. The minimum Gasteiger partial charge on any atom is -0.458 e. The Bertz CT molecular complexity index is 1040. The fraction of sp³-hybridized carbons (Fsp3) is 0.862. The number of cyclic esters (lactones) is 1. The Morgan fingerprint density at radius 3 is 2.54 bits per heavy atom. The third-order valence-corrected chi connectivity index (χ3v) is 11.9. The van der Waals surface area contributed by atoms with Crippen molar-refractivity contribution in [3.63, 3.8) is 0 Å². The zero-order valence-electron chi connectivity index (χ0n) is 22.9. The van der Waals surface area contributed by atoms with Crippen LogP contribution in [0.4, 0.5) is 0 Å². The lowest BCUT2D eigenvalue weighted by molar-refractivity contribution is -0.282. The minimum atomic E-state index is -1.18. The Morgan fingerprint density at radius 2 is 1.85 bits per heavy atom. The topological polar surface area (TPSA) is 158 Å². The highest BCUT2D eigenvalue weighted by molar-refractivity contribution is 5.85. The van der Waals surface area contributed by atoms with Crippen LogP contribution in [0.5, 0.6) is 0 Å². The van der Waals surface area contributed by atoms with Gasteiger partial charge in [0, 0.05) is 29.7 Å². The molecule has 12 atom stereocenters. The average Bonchev–Trinajstić information content (AvgIpc) is 3.42. The number of esters is 1. The third kappa shape index (κ3) is 3.96. The molecule has 0 unspecified atom stereocenters. The average molecular weight is 550 g/mol. The fourth-order valence-corrected chi connectivity index (χ4v) is 9.89. The molecule has 0 aromatic heterocycles. The second kappa shape index (κ2) is 9.49. The molecule has 1 saturated heterocycles. The van der Waals surface area contributed by atoms with Gasteiger partial charge in [-0.3, -0.25) is 0 Å². The maximum atomic E-state index is 12.4. The van der Waals surface area contributed by atoms with E-state index in [1.165, 1.54) is 6.21 Å². The van der Waals surface area contributed by atoms with Crippen LogP contribution in [-0.2, 0) is 19.0 Å². The van der Waals surface area contributed by atoms with E-state index >= 15 is 0 Å². The van der Waals surface area contributed by atoms with E-state index in [-0.39, 0.29) is 36.2 Å². The highest BCUT2D eigenvalue weighted by atomic mass is 16.7. The molecule has 10 heteroatoms. The number of oxime groups is 1. The quantitative estimate of drug-likeness (QED) is 0.116. The van der Waals surface area contributed by atoms with E-state index in [0.29, 0.717) is 45.1 Å². The molecule has 5 N–H and O–H groups in total. The lowest BCUT2D eigenvalue weighted by Gasteiger charge is -2.65. The van der Waals surface area contributed by atoms with Crippen molar-refractivity contribution in [1.82, 2.24) is 0 Å². The zero-order chi connectivity index (χ0) is 27.8. The van der Waals surface area contributed by atoms with Crippen LogP contribution in [0.3, 0.4) is 0 Å². The van der Waals surface area contributed by atoms with Crippen molar-refractivity contribution in [3.05, 3.63) is 11.6 Å². The number of rotatable bonds is 4. The van der Waals surface area contributed by atoms with Crippen molar-refractivity contribution >= 4 is 12.2 Å². The molecule has 0 aromatic rings.